The van der Waals surface area contributed by atoms with E-state index in [0.29, 0.717) is 9.92 Å². The zero-order valence-electron chi connectivity index (χ0n) is 11.9. The Morgan fingerprint density at radius 3 is 2.04 bits per heavy atom. The minimum absolute atomic E-state index is 0.272. The topological polar surface area (TPSA) is 115 Å². The van der Waals surface area contributed by atoms with Gasteiger partial charge in [0.1, 0.15) is 0 Å². The van der Waals surface area contributed by atoms with Crippen molar-refractivity contribution in [2.75, 3.05) is 0 Å². The first kappa shape index (κ1) is 17.1. The molecule has 1 aliphatic rings. The number of hydrogen-bond donors (Lipinski definition) is 4. The molecule has 0 amide bonds. The van der Waals surface area contributed by atoms with Gasteiger partial charge in [0, 0.05) is 25.9 Å². The van der Waals surface area contributed by atoms with Crippen LogP contribution in [0.3, 0.4) is 0 Å². The van der Waals surface area contributed by atoms with Crippen LogP contribution in [0.5, 0.6) is 0 Å². The van der Waals surface area contributed by atoms with Gasteiger partial charge in [0.2, 0.25) is 11.6 Å². The summed E-state index contributed by atoms with van der Waals surface area (Å²) in [4.78, 5) is 25.5. The minimum Gasteiger partial charge on any atom is -0.355 e. The van der Waals surface area contributed by atoms with Crippen LogP contribution in [0.25, 0.3) is 0 Å². The second-order valence-electron chi connectivity index (χ2n) is 5.24. The third-order valence-corrected chi connectivity index (χ3v) is 4.98. The highest BCUT2D eigenvalue weighted by molar-refractivity contribution is 7.99. The van der Waals surface area contributed by atoms with Crippen LogP contribution in [0, 0.1) is 0 Å². The molecule has 0 radical (unpaired) electrons. The summed E-state index contributed by atoms with van der Waals surface area (Å²) in [5.41, 5.74) is -0.561. The fourth-order valence-corrected chi connectivity index (χ4v) is 3.45. The molecule has 2 aromatic rings. The molecule has 3 rings (SSSR count). The lowest BCUT2D eigenvalue weighted by Crippen LogP contribution is -2.66. The number of carbonyl (C=O) groups is 2. The highest BCUT2D eigenvalue weighted by Gasteiger charge is 2.63. The maximum absolute atomic E-state index is 12.4. The van der Waals surface area contributed by atoms with E-state index in [1.54, 1.807) is 24.3 Å². The zero-order valence-corrected chi connectivity index (χ0v) is 13.5. The molecule has 0 fully saturated rings. The standard InChI is InChI=1S/C16H11ClO6S/c17-8-4-6-9(7-5-8)24-11-3-1-2-10-12(11)14(19)16(22,23)15(20,21)13(10)18/h1-7,20-23H. The third-order valence-electron chi connectivity index (χ3n) is 3.66. The Hall–Kier alpha value is -1.74. The van der Waals surface area contributed by atoms with Crippen molar-refractivity contribution in [1.82, 2.24) is 0 Å². The van der Waals surface area contributed by atoms with Gasteiger partial charge in [-0.15, -0.1) is 0 Å². The van der Waals surface area contributed by atoms with Gasteiger partial charge in [0.25, 0.3) is 11.6 Å². The van der Waals surface area contributed by atoms with Crippen molar-refractivity contribution in [3.8, 4) is 0 Å². The predicted molar refractivity (Wildman–Crippen MR) is 85.0 cm³/mol. The molecule has 8 heteroatoms. The Morgan fingerprint density at radius 2 is 1.42 bits per heavy atom. The number of halogens is 1. The van der Waals surface area contributed by atoms with Crippen LogP contribution in [0.15, 0.2) is 52.3 Å². The molecule has 1 aliphatic carbocycles. The van der Waals surface area contributed by atoms with E-state index in [0.717, 1.165) is 11.8 Å². The lowest BCUT2D eigenvalue weighted by atomic mass is 9.80. The highest BCUT2D eigenvalue weighted by Crippen LogP contribution is 2.40. The molecule has 24 heavy (non-hydrogen) atoms. The minimum atomic E-state index is -3.63. The number of rotatable bonds is 2. The molecule has 0 aromatic heterocycles. The summed E-state index contributed by atoms with van der Waals surface area (Å²) in [5.74, 6) is -9.96. The molecule has 2 aromatic carbocycles. The molecule has 0 atom stereocenters. The Labute approximate surface area is 145 Å². The van der Waals surface area contributed by atoms with Crippen molar-refractivity contribution in [2.24, 2.45) is 0 Å². The quantitative estimate of drug-likeness (QED) is 0.591. The van der Waals surface area contributed by atoms with Crippen molar-refractivity contribution >= 4 is 34.9 Å². The van der Waals surface area contributed by atoms with Crippen molar-refractivity contribution in [2.45, 2.75) is 21.4 Å². The summed E-state index contributed by atoms with van der Waals surface area (Å²) in [6, 6.07) is 10.9. The predicted octanol–water partition coefficient (Wildman–Crippen LogP) is 1.23. The fourth-order valence-electron chi connectivity index (χ4n) is 2.35. The second-order valence-corrected chi connectivity index (χ2v) is 6.79. The van der Waals surface area contributed by atoms with Gasteiger partial charge in [-0.25, -0.2) is 0 Å². The molecule has 0 saturated heterocycles. The Kier molecular flexibility index (Phi) is 4.03. The maximum atomic E-state index is 12.4. The first-order valence-corrected chi connectivity index (χ1v) is 7.91. The number of benzene rings is 2. The second kappa shape index (κ2) is 5.66. The van der Waals surface area contributed by atoms with Gasteiger partial charge in [-0.2, -0.15) is 0 Å². The van der Waals surface area contributed by atoms with Crippen LogP contribution >= 0.6 is 23.4 Å². The van der Waals surface area contributed by atoms with E-state index in [2.05, 4.69) is 0 Å². The molecule has 124 valence electrons. The smallest absolute Gasteiger partial charge is 0.292 e. The molecule has 0 bridgehead atoms. The molecule has 0 aliphatic heterocycles. The number of aliphatic hydroxyl groups is 4. The van der Waals surface area contributed by atoms with E-state index in [-0.39, 0.29) is 16.0 Å². The summed E-state index contributed by atoms with van der Waals surface area (Å²) in [6.07, 6.45) is 0. The van der Waals surface area contributed by atoms with Crippen LogP contribution < -0.4 is 0 Å². The van der Waals surface area contributed by atoms with Gasteiger partial charge in [-0.05, 0) is 30.3 Å². The van der Waals surface area contributed by atoms with Crippen LogP contribution in [0.2, 0.25) is 5.02 Å². The number of fused-ring (bicyclic) bond motifs is 1. The maximum Gasteiger partial charge on any atom is 0.292 e. The average Bonchev–Trinajstić information content (AvgIpc) is 2.54. The zero-order chi connectivity index (χ0) is 17.7. The summed E-state index contributed by atoms with van der Waals surface area (Å²) >= 11 is 6.91. The van der Waals surface area contributed by atoms with Gasteiger partial charge in [0.05, 0.1) is 0 Å². The summed E-state index contributed by atoms with van der Waals surface area (Å²) < 4.78 is 0. The molecule has 0 unspecified atom stereocenters. The van der Waals surface area contributed by atoms with E-state index < -0.39 is 23.1 Å². The van der Waals surface area contributed by atoms with Crippen molar-refractivity contribution in [3.63, 3.8) is 0 Å². The first-order valence-electron chi connectivity index (χ1n) is 6.72. The number of carbonyl (C=O) groups excluding carboxylic acids is 2. The SMILES string of the molecule is O=C1c2cccc(Sc3ccc(Cl)cc3)c2C(=O)C(O)(O)C1(O)O. The molecular formula is C16H11ClO6S. The van der Waals surface area contributed by atoms with E-state index in [1.807, 2.05) is 0 Å². The Morgan fingerprint density at radius 1 is 0.833 bits per heavy atom. The average molecular weight is 367 g/mol. The van der Waals surface area contributed by atoms with Crippen molar-refractivity contribution in [3.05, 3.63) is 58.6 Å². The van der Waals surface area contributed by atoms with Crippen molar-refractivity contribution < 1.29 is 30.0 Å². The summed E-state index contributed by atoms with van der Waals surface area (Å²) in [6.45, 7) is 0. The van der Waals surface area contributed by atoms with E-state index in [9.17, 15) is 30.0 Å². The molecule has 0 saturated carbocycles. The molecule has 4 N–H and O–H groups in total. The lowest BCUT2D eigenvalue weighted by molar-refractivity contribution is -0.299. The van der Waals surface area contributed by atoms with Gasteiger partial charge in [-0.1, -0.05) is 35.5 Å². The van der Waals surface area contributed by atoms with Gasteiger partial charge in [0.15, 0.2) is 0 Å². The van der Waals surface area contributed by atoms with Gasteiger partial charge >= 0.3 is 0 Å². The van der Waals surface area contributed by atoms with Crippen LogP contribution in [0.1, 0.15) is 20.7 Å². The lowest BCUT2D eigenvalue weighted by Gasteiger charge is -2.37. The first-order chi connectivity index (χ1) is 11.2. The largest absolute Gasteiger partial charge is 0.355 e. The number of hydrogen-bond acceptors (Lipinski definition) is 7. The van der Waals surface area contributed by atoms with E-state index in [1.165, 1.54) is 18.2 Å². The van der Waals surface area contributed by atoms with E-state index in [4.69, 9.17) is 11.6 Å². The molecule has 0 spiro atoms. The highest BCUT2D eigenvalue weighted by atomic mass is 35.5. The van der Waals surface area contributed by atoms with Crippen LogP contribution in [-0.2, 0) is 0 Å². The summed E-state index contributed by atoms with van der Waals surface area (Å²) in [5, 5.41) is 39.4. The normalized spacial score (nSPS) is 18.4. The van der Waals surface area contributed by atoms with Gasteiger partial charge in [-0.3, -0.25) is 9.59 Å². The van der Waals surface area contributed by atoms with E-state index >= 15 is 0 Å². The summed E-state index contributed by atoms with van der Waals surface area (Å²) in [7, 11) is 0. The Bertz CT molecular complexity index is 844. The monoisotopic (exact) mass is 366 g/mol. The number of Topliss-reactive ketones (excluding diaryl/α,β-unsaturated/α-hetero) is 2. The molecule has 6 nitrogen and oxygen atoms in total. The molecular weight excluding hydrogens is 356 g/mol. The number of ketones is 2. The third kappa shape index (κ3) is 2.46. The van der Waals surface area contributed by atoms with Crippen LogP contribution in [0.4, 0.5) is 0 Å². The van der Waals surface area contributed by atoms with Gasteiger partial charge < -0.3 is 20.4 Å². The van der Waals surface area contributed by atoms with Crippen LogP contribution in [-0.4, -0.2) is 43.6 Å². The van der Waals surface area contributed by atoms with Crippen molar-refractivity contribution in [1.29, 1.82) is 0 Å². The Balaban J connectivity index is 2.13. The molecule has 0 heterocycles. The fraction of sp³-hybridized carbons (Fsp3) is 0.125.